The number of ether oxygens (including phenoxy) is 1. The van der Waals surface area contributed by atoms with Crippen LogP contribution >= 0.6 is 0 Å². The Hall–Kier alpha value is -1.88. The summed E-state index contributed by atoms with van der Waals surface area (Å²) in [5, 5.41) is 9.14. The molecule has 0 aliphatic carbocycles. The van der Waals surface area contributed by atoms with E-state index in [9.17, 15) is 9.59 Å². The van der Waals surface area contributed by atoms with Crippen molar-refractivity contribution in [1.29, 1.82) is 0 Å². The summed E-state index contributed by atoms with van der Waals surface area (Å²) in [5.74, 6) is -1.38. The predicted molar refractivity (Wildman–Crippen MR) is 75.8 cm³/mol. The summed E-state index contributed by atoms with van der Waals surface area (Å²) in [5.41, 5.74) is 2.07. The second-order valence-corrected chi connectivity index (χ2v) is 5.66. The highest BCUT2D eigenvalue weighted by molar-refractivity contribution is 5.84. The number of carboxylic acid groups (broad SMARTS) is 1. The van der Waals surface area contributed by atoms with E-state index in [1.54, 1.807) is 4.90 Å². The fourth-order valence-electron chi connectivity index (χ4n) is 3.14. The first-order valence-electron chi connectivity index (χ1n) is 7.38. The van der Waals surface area contributed by atoms with E-state index in [0.29, 0.717) is 19.6 Å². The molecule has 1 saturated heterocycles. The number of rotatable bonds is 2. The lowest BCUT2D eigenvalue weighted by Gasteiger charge is -2.35. The summed E-state index contributed by atoms with van der Waals surface area (Å²) in [6, 6.07) is 7.82. The molecule has 3 rings (SSSR count). The number of piperidine rings is 1. The molecule has 0 unspecified atom stereocenters. The highest BCUT2D eigenvalue weighted by Gasteiger charge is 2.34. The molecule has 1 amide bonds. The van der Waals surface area contributed by atoms with Gasteiger partial charge in [-0.25, -0.2) is 0 Å². The molecule has 1 N–H and O–H groups in total. The average Bonchev–Trinajstić information content (AvgIpc) is 2.53. The van der Waals surface area contributed by atoms with Crippen molar-refractivity contribution < 1.29 is 19.4 Å². The number of carbonyl (C=O) groups is 2. The fourth-order valence-corrected chi connectivity index (χ4v) is 3.14. The molecular weight excluding hydrogens is 270 g/mol. The molecule has 1 aromatic rings. The van der Waals surface area contributed by atoms with E-state index in [0.717, 1.165) is 24.0 Å². The molecular formula is C16H19NO4. The maximum absolute atomic E-state index is 12.7. The Bertz CT molecular complexity index is 557. The third-order valence-electron chi connectivity index (χ3n) is 4.30. The quantitative estimate of drug-likeness (QED) is 0.898. The van der Waals surface area contributed by atoms with Gasteiger partial charge in [-0.05, 0) is 30.4 Å². The predicted octanol–water partition coefficient (Wildman–Crippen LogP) is 1.62. The molecule has 0 saturated carbocycles. The van der Waals surface area contributed by atoms with Gasteiger partial charge in [0.05, 0.1) is 12.5 Å². The van der Waals surface area contributed by atoms with Gasteiger partial charge in [0.2, 0.25) is 0 Å². The molecule has 1 aromatic carbocycles. The topological polar surface area (TPSA) is 66.8 Å². The molecule has 112 valence electrons. The van der Waals surface area contributed by atoms with E-state index in [1.165, 1.54) is 0 Å². The van der Waals surface area contributed by atoms with Crippen LogP contribution in [0.15, 0.2) is 24.3 Å². The van der Waals surface area contributed by atoms with E-state index in [2.05, 4.69) is 0 Å². The van der Waals surface area contributed by atoms with Crippen molar-refractivity contribution >= 4 is 11.9 Å². The number of hydrogen-bond acceptors (Lipinski definition) is 3. The van der Waals surface area contributed by atoms with Gasteiger partial charge < -0.3 is 14.7 Å². The van der Waals surface area contributed by atoms with Crippen LogP contribution in [0.3, 0.4) is 0 Å². The van der Waals surface area contributed by atoms with Gasteiger partial charge in [0, 0.05) is 13.1 Å². The van der Waals surface area contributed by atoms with E-state index in [4.69, 9.17) is 9.84 Å². The maximum Gasteiger partial charge on any atom is 0.308 e. The Kier molecular flexibility index (Phi) is 3.92. The molecule has 2 aliphatic rings. The standard InChI is InChI=1S/C16H19NO4/c18-15(17-8-3-5-12(10-17)16(19)20)14-13-6-2-1-4-11(13)7-9-21-14/h1-2,4,6,12,14H,3,5,7-10H2,(H,19,20)/t12-,14-/m0/s1. The second kappa shape index (κ2) is 5.85. The normalized spacial score (nSPS) is 25.2. The van der Waals surface area contributed by atoms with Gasteiger partial charge >= 0.3 is 5.97 Å². The van der Waals surface area contributed by atoms with Crippen molar-refractivity contribution in [3.05, 3.63) is 35.4 Å². The number of likely N-dealkylation sites (tertiary alicyclic amines) is 1. The van der Waals surface area contributed by atoms with Gasteiger partial charge in [0.1, 0.15) is 0 Å². The fraction of sp³-hybridized carbons (Fsp3) is 0.500. The minimum absolute atomic E-state index is 0.104. The first kappa shape index (κ1) is 14.1. The minimum Gasteiger partial charge on any atom is -0.481 e. The zero-order valence-corrected chi connectivity index (χ0v) is 11.8. The van der Waals surface area contributed by atoms with Gasteiger partial charge in [-0.2, -0.15) is 0 Å². The smallest absolute Gasteiger partial charge is 0.308 e. The van der Waals surface area contributed by atoms with E-state index >= 15 is 0 Å². The van der Waals surface area contributed by atoms with E-state index < -0.39 is 18.0 Å². The molecule has 1 fully saturated rings. The van der Waals surface area contributed by atoms with Crippen LogP contribution in [0.25, 0.3) is 0 Å². The lowest BCUT2D eigenvalue weighted by Crippen LogP contribution is -2.45. The summed E-state index contributed by atoms with van der Waals surface area (Å²) >= 11 is 0. The first-order chi connectivity index (χ1) is 10.2. The summed E-state index contributed by atoms with van der Waals surface area (Å²) in [6.45, 7) is 1.43. The first-order valence-corrected chi connectivity index (χ1v) is 7.38. The van der Waals surface area contributed by atoms with Gasteiger partial charge in [-0.1, -0.05) is 24.3 Å². The van der Waals surface area contributed by atoms with Crippen LogP contribution in [0.5, 0.6) is 0 Å². The lowest BCUT2D eigenvalue weighted by molar-refractivity contribution is -0.151. The lowest BCUT2D eigenvalue weighted by atomic mass is 9.94. The number of aliphatic carboxylic acids is 1. The minimum atomic E-state index is -0.822. The van der Waals surface area contributed by atoms with Gasteiger partial charge in [-0.15, -0.1) is 0 Å². The van der Waals surface area contributed by atoms with Crippen molar-refractivity contribution in [2.45, 2.75) is 25.4 Å². The monoisotopic (exact) mass is 289 g/mol. The molecule has 2 aliphatic heterocycles. The number of hydrogen-bond donors (Lipinski definition) is 1. The number of nitrogens with zero attached hydrogens (tertiary/aromatic N) is 1. The van der Waals surface area contributed by atoms with E-state index in [1.807, 2.05) is 24.3 Å². The third kappa shape index (κ3) is 2.78. The highest BCUT2D eigenvalue weighted by Crippen LogP contribution is 2.30. The Morgan fingerprint density at radius 3 is 2.90 bits per heavy atom. The molecule has 2 heterocycles. The van der Waals surface area contributed by atoms with Crippen LogP contribution in [0.1, 0.15) is 30.1 Å². The molecule has 0 spiro atoms. The zero-order chi connectivity index (χ0) is 14.8. The van der Waals surface area contributed by atoms with Crippen LogP contribution < -0.4 is 0 Å². The highest BCUT2D eigenvalue weighted by atomic mass is 16.5. The number of carboxylic acids is 1. The largest absolute Gasteiger partial charge is 0.481 e. The summed E-state index contributed by atoms with van der Waals surface area (Å²) in [7, 11) is 0. The Labute approximate surface area is 123 Å². The van der Waals surface area contributed by atoms with Crippen molar-refractivity contribution in [1.82, 2.24) is 4.90 Å². The Morgan fingerprint density at radius 1 is 1.29 bits per heavy atom. The Balaban J connectivity index is 1.78. The van der Waals surface area contributed by atoms with Crippen LogP contribution in [-0.2, 0) is 20.7 Å². The molecule has 0 radical (unpaired) electrons. The number of fused-ring (bicyclic) bond motifs is 1. The number of benzene rings is 1. The molecule has 5 heteroatoms. The van der Waals surface area contributed by atoms with Crippen LogP contribution in [-0.4, -0.2) is 41.6 Å². The molecule has 2 atom stereocenters. The maximum atomic E-state index is 12.7. The molecule has 5 nitrogen and oxygen atoms in total. The summed E-state index contributed by atoms with van der Waals surface area (Å²) in [4.78, 5) is 25.5. The van der Waals surface area contributed by atoms with Crippen molar-refractivity contribution in [3.8, 4) is 0 Å². The van der Waals surface area contributed by atoms with Crippen molar-refractivity contribution in [2.75, 3.05) is 19.7 Å². The van der Waals surface area contributed by atoms with E-state index in [-0.39, 0.29) is 12.5 Å². The van der Waals surface area contributed by atoms with Gasteiger partial charge in [-0.3, -0.25) is 9.59 Å². The Morgan fingerprint density at radius 2 is 2.10 bits per heavy atom. The van der Waals surface area contributed by atoms with Crippen LogP contribution in [0.2, 0.25) is 0 Å². The third-order valence-corrected chi connectivity index (χ3v) is 4.30. The number of amides is 1. The molecule has 21 heavy (non-hydrogen) atoms. The van der Waals surface area contributed by atoms with Crippen LogP contribution in [0.4, 0.5) is 0 Å². The van der Waals surface area contributed by atoms with Crippen molar-refractivity contribution in [3.63, 3.8) is 0 Å². The SMILES string of the molecule is O=C(O)[C@H]1CCCN(C(=O)[C@H]2OCCc3ccccc32)C1. The summed E-state index contributed by atoms with van der Waals surface area (Å²) in [6.07, 6.45) is 1.61. The average molecular weight is 289 g/mol. The second-order valence-electron chi connectivity index (χ2n) is 5.66. The molecule has 0 bridgehead atoms. The van der Waals surface area contributed by atoms with Gasteiger partial charge in [0.15, 0.2) is 6.10 Å². The zero-order valence-electron chi connectivity index (χ0n) is 11.8. The summed E-state index contributed by atoms with van der Waals surface area (Å²) < 4.78 is 5.68. The molecule has 0 aromatic heterocycles. The number of carbonyl (C=O) groups excluding carboxylic acids is 1. The van der Waals surface area contributed by atoms with Crippen molar-refractivity contribution in [2.24, 2.45) is 5.92 Å². The van der Waals surface area contributed by atoms with Crippen LogP contribution in [0, 0.1) is 5.92 Å². The van der Waals surface area contributed by atoms with Gasteiger partial charge in [0.25, 0.3) is 5.91 Å².